The molecule has 0 radical (unpaired) electrons. The Hall–Kier alpha value is -4.27. The van der Waals surface area contributed by atoms with E-state index in [1.54, 1.807) is 37.3 Å². The minimum Gasteiger partial charge on any atom is -0.493 e. The average Bonchev–Trinajstić information content (AvgIpc) is 3.43. The molecule has 0 spiro atoms. The third-order valence-corrected chi connectivity index (χ3v) is 6.21. The molecular weight excluding hydrogens is 452 g/mol. The lowest BCUT2D eigenvalue weighted by molar-refractivity contribution is 0.0969. The summed E-state index contributed by atoms with van der Waals surface area (Å²) in [4.78, 5) is 28.9. The molecule has 1 amide bonds. The first-order valence-corrected chi connectivity index (χ1v) is 11.1. The number of anilines is 1. The van der Waals surface area contributed by atoms with Crippen LogP contribution in [-0.4, -0.2) is 32.4 Å². The minimum absolute atomic E-state index is 0.0360. The van der Waals surface area contributed by atoms with E-state index >= 15 is 0 Å². The third-order valence-electron chi connectivity index (χ3n) is 6.21. The molecule has 1 atom stereocenters. The predicted molar refractivity (Wildman–Crippen MR) is 128 cm³/mol. The zero-order valence-electron chi connectivity index (χ0n) is 20.0. The molecule has 5 rings (SSSR count). The standard InChI is InChI=1S/C26H24N2O7/c1-6-14-7-8-17-16(10-14)23(29)21-22(15-11-18(31-3)24(33-5)19(12-15)32-4)28(26(30)25(21)34-17)20-9-13(2)35-27-20/h7-12,22H,6H2,1-5H3. The van der Waals surface area contributed by atoms with Gasteiger partial charge in [0.05, 0.1) is 38.3 Å². The number of hydrogen-bond acceptors (Lipinski definition) is 8. The van der Waals surface area contributed by atoms with Crippen molar-refractivity contribution in [2.75, 3.05) is 26.2 Å². The fourth-order valence-electron chi connectivity index (χ4n) is 4.52. The SMILES string of the molecule is CCc1ccc2oc3c(c(=O)c2c1)C(c1cc(OC)c(OC)c(OC)c1)N(c1cc(C)on1)C3=O. The molecule has 1 unspecified atom stereocenters. The van der Waals surface area contributed by atoms with Gasteiger partial charge in [0.2, 0.25) is 11.5 Å². The Morgan fingerprint density at radius 1 is 1.00 bits per heavy atom. The van der Waals surface area contributed by atoms with Gasteiger partial charge >= 0.3 is 0 Å². The summed E-state index contributed by atoms with van der Waals surface area (Å²) in [6, 6.07) is 9.60. The second kappa shape index (κ2) is 8.50. The molecule has 0 aliphatic carbocycles. The van der Waals surface area contributed by atoms with Crippen LogP contribution in [0.4, 0.5) is 5.82 Å². The van der Waals surface area contributed by atoms with Crippen LogP contribution in [0.25, 0.3) is 11.0 Å². The zero-order chi connectivity index (χ0) is 24.9. The van der Waals surface area contributed by atoms with Crippen molar-refractivity contribution in [3.63, 3.8) is 0 Å². The first-order chi connectivity index (χ1) is 16.9. The van der Waals surface area contributed by atoms with Gasteiger partial charge < -0.3 is 23.2 Å². The number of aryl methyl sites for hydroxylation is 2. The molecule has 0 N–H and O–H groups in total. The van der Waals surface area contributed by atoms with Gasteiger partial charge in [-0.3, -0.25) is 14.5 Å². The van der Waals surface area contributed by atoms with Gasteiger partial charge in [-0.15, -0.1) is 0 Å². The lowest BCUT2D eigenvalue weighted by Crippen LogP contribution is -2.29. The monoisotopic (exact) mass is 476 g/mol. The van der Waals surface area contributed by atoms with Crippen LogP contribution in [0, 0.1) is 6.92 Å². The van der Waals surface area contributed by atoms with Crippen molar-refractivity contribution < 1.29 is 27.9 Å². The lowest BCUT2D eigenvalue weighted by atomic mass is 9.97. The summed E-state index contributed by atoms with van der Waals surface area (Å²) in [6.07, 6.45) is 0.756. The highest BCUT2D eigenvalue weighted by Gasteiger charge is 2.45. The number of hydrogen-bond donors (Lipinski definition) is 0. The molecule has 180 valence electrons. The predicted octanol–water partition coefficient (Wildman–Crippen LogP) is 4.43. The van der Waals surface area contributed by atoms with E-state index in [1.165, 1.54) is 26.2 Å². The Balaban J connectivity index is 1.83. The molecule has 35 heavy (non-hydrogen) atoms. The van der Waals surface area contributed by atoms with E-state index in [-0.39, 0.29) is 22.6 Å². The molecule has 0 saturated heterocycles. The van der Waals surface area contributed by atoms with Gasteiger partial charge in [-0.05, 0) is 48.7 Å². The maximum absolute atomic E-state index is 13.9. The van der Waals surface area contributed by atoms with Gasteiger partial charge in [0.15, 0.2) is 22.7 Å². The first-order valence-electron chi connectivity index (χ1n) is 11.1. The highest BCUT2D eigenvalue weighted by atomic mass is 16.5. The number of benzene rings is 2. The van der Waals surface area contributed by atoms with Crippen LogP contribution in [0.15, 0.2) is 50.1 Å². The lowest BCUT2D eigenvalue weighted by Gasteiger charge is -2.24. The summed E-state index contributed by atoms with van der Waals surface area (Å²) in [5.41, 5.74) is 1.83. The summed E-state index contributed by atoms with van der Waals surface area (Å²) in [5.74, 6) is 1.41. The Morgan fingerprint density at radius 2 is 1.71 bits per heavy atom. The van der Waals surface area contributed by atoms with Gasteiger partial charge in [0.1, 0.15) is 11.3 Å². The molecule has 2 aromatic carbocycles. The van der Waals surface area contributed by atoms with Crippen LogP contribution in [0.3, 0.4) is 0 Å². The molecule has 9 nitrogen and oxygen atoms in total. The number of aromatic nitrogens is 1. The first kappa shape index (κ1) is 22.5. The zero-order valence-corrected chi connectivity index (χ0v) is 20.0. The molecule has 9 heteroatoms. The van der Waals surface area contributed by atoms with Crippen molar-refractivity contribution in [2.24, 2.45) is 0 Å². The highest BCUT2D eigenvalue weighted by Crippen LogP contribution is 2.46. The van der Waals surface area contributed by atoms with Gasteiger partial charge in [0.25, 0.3) is 5.91 Å². The minimum atomic E-state index is -0.860. The summed E-state index contributed by atoms with van der Waals surface area (Å²) >= 11 is 0. The highest BCUT2D eigenvalue weighted by molar-refractivity contribution is 6.10. The number of methoxy groups -OCH3 is 3. The topological polar surface area (TPSA) is 104 Å². The van der Waals surface area contributed by atoms with Crippen LogP contribution in [0.1, 0.15) is 46.0 Å². The van der Waals surface area contributed by atoms with Gasteiger partial charge in [0, 0.05) is 6.07 Å². The molecule has 0 fully saturated rings. The molecular formula is C26H24N2O7. The third kappa shape index (κ3) is 3.42. The molecule has 0 bridgehead atoms. The number of nitrogens with zero attached hydrogens (tertiary/aromatic N) is 2. The average molecular weight is 476 g/mol. The smallest absolute Gasteiger partial charge is 0.296 e. The van der Waals surface area contributed by atoms with Crippen molar-refractivity contribution in [3.8, 4) is 17.2 Å². The van der Waals surface area contributed by atoms with E-state index in [9.17, 15) is 9.59 Å². The fourth-order valence-corrected chi connectivity index (χ4v) is 4.52. The maximum atomic E-state index is 13.9. The maximum Gasteiger partial charge on any atom is 0.296 e. The summed E-state index contributed by atoms with van der Waals surface area (Å²) in [7, 11) is 4.51. The van der Waals surface area contributed by atoms with E-state index in [0.29, 0.717) is 39.5 Å². The van der Waals surface area contributed by atoms with Crippen LogP contribution in [-0.2, 0) is 6.42 Å². The second-order valence-corrected chi connectivity index (χ2v) is 8.19. The number of amides is 1. The summed E-state index contributed by atoms with van der Waals surface area (Å²) < 4.78 is 27.8. The molecule has 2 aromatic heterocycles. The van der Waals surface area contributed by atoms with Crippen molar-refractivity contribution in [1.29, 1.82) is 0 Å². The van der Waals surface area contributed by atoms with Crippen molar-refractivity contribution in [2.45, 2.75) is 26.3 Å². The number of rotatable bonds is 6. The quantitative estimate of drug-likeness (QED) is 0.403. The normalized spacial score (nSPS) is 14.9. The Morgan fingerprint density at radius 3 is 2.29 bits per heavy atom. The molecule has 1 aliphatic rings. The van der Waals surface area contributed by atoms with Crippen molar-refractivity contribution >= 4 is 22.7 Å². The molecule has 1 aliphatic heterocycles. The number of ether oxygens (including phenoxy) is 3. The fraction of sp³-hybridized carbons (Fsp3) is 0.269. The summed E-state index contributed by atoms with van der Waals surface area (Å²) in [6.45, 7) is 3.73. The Bertz CT molecular complexity index is 1490. The van der Waals surface area contributed by atoms with E-state index in [1.807, 2.05) is 13.0 Å². The van der Waals surface area contributed by atoms with Gasteiger partial charge in [-0.25, -0.2) is 0 Å². The van der Waals surface area contributed by atoms with Crippen molar-refractivity contribution in [1.82, 2.24) is 5.16 Å². The van der Waals surface area contributed by atoms with Crippen LogP contribution >= 0.6 is 0 Å². The van der Waals surface area contributed by atoms with E-state index in [4.69, 9.17) is 23.2 Å². The largest absolute Gasteiger partial charge is 0.493 e. The molecule has 0 saturated carbocycles. The summed E-state index contributed by atoms with van der Waals surface area (Å²) in [5, 5.41) is 4.46. The second-order valence-electron chi connectivity index (χ2n) is 8.19. The van der Waals surface area contributed by atoms with E-state index in [0.717, 1.165) is 12.0 Å². The Kier molecular flexibility index (Phi) is 5.47. The Labute approximate surface area is 200 Å². The van der Waals surface area contributed by atoms with Gasteiger partial charge in [-0.1, -0.05) is 18.1 Å². The number of carbonyl (C=O) groups is 1. The van der Waals surface area contributed by atoms with E-state index in [2.05, 4.69) is 5.16 Å². The molecule has 3 heterocycles. The van der Waals surface area contributed by atoms with Crippen LogP contribution in [0.2, 0.25) is 0 Å². The van der Waals surface area contributed by atoms with Crippen LogP contribution < -0.4 is 24.5 Å². The number of fused-ring (bicyclic) bond motifs is 2. The molecule has 4 aromatic rings. The van der Waals surface area contributed by atoms with Gasteiger partial charge in [-0.2, -0.15) is 0 Å². The number of carbonyl (C=O) groups excluding carboxylic acids is 1. The van der Waals surface area contributed by atoms with E-state index < -0.39 is 11.9 Å². The van der Waals surface area contributed by atoms with Crippen LogP contribution in [0.5, 0.6) is 17.2 Å². The van der Waals surface area contributed by atoms with Crippen molar-refractivity contribution in [3.05, 3.63) is 74.8 Å².